The van der Waals surface area contributed by atoms with E-state index in [2.05, 4.69) is 28.7 Å². The molecule has 4 heteroatoms. The summed E-state index contributed by atoms with van der Waals surface area (Å²) in [5.41, 5.74) is -0.539. The van der Waals surface area contributed by atoms with Crippen LogP contribution >= 0.6 is 22.6 Å². The van der Waals surface area contributed by atoms with E-state index in [1.807, 2.05) is 0 Å². The Morgan fingerprint density at radius 2 is 2.07 bits per heavy atom. The molecule has 1 rings (SSSR count). The Kier molecular flexibility index (Phi) is 3.96. The molecule has 0 amide bonds. The van der Waals surface area contributed by atoms with Gasteiger partial charge in [-0.15, -0.1) is 0 Å². The second-order valence-corrected chi connectivity index (χ2v) is 5.20. The quantitative estimate of drug-likeness (QED) is 0.452. The fraction of sp³-hybridized carbons (Fsp3) is 0.364. The largest absolute Gasteiger partial charge is 0.514 e. The SMILES string of the molecule is CC(C)(C)OC(=O)Oc1c[c]cc(I)c1. The maximum Gasteiger partial charge on any atom is 0.514 e. The van der Waals surface area contributed by atoms with Crippen LogP contribution in [0.5, 0.6) is 5.75 Å². The van der Waals surface area contributed by atoms with Crippen LogP contribution in [-0.2, 0) is 4.74 Å². The Hall–Kier alpha value is -0.780. The zero-order chi connectivity index (χ0) is 11.5. The van der Waals surface area contributed by atoms with E-state index in [4.69, 9.17) is 9.47 Å². The summed E-state index contributed by atoms with van der Waals surface area (Å²) in [5.74, 6) is 0.441. The minimum absolute atomic E-state index is 0.441. The van der Waals surface area contributed by atoms with E-state index in [-0.39, 0.29) is 0 Å². The third-order valence-electron chi connectivity index (χ3n) is 1.32. The Balaban J connectivity index is 2.59. The number of hydrogen-bond donors (Lipinski definition) is 0. The molecule has 1 aromatic carbocycles. The average molecular weight is 319 g/mol. The standard InChI is InChI=1S/C11H12IO3/c1-11(2,3)15-10(13)14-9-6-4-5-8(12)7-9/h5-7H,1-3H3. The normalized spacial score (nSPS) is 10.9. The molecule has 0 aliphatic carbocycles. The molecule has 0 aromatic heterocycles. The fourth-order valence-corrected chi connectivity index (χ4v) is 1.34. The highest BCUT2D eigenvalue weighted by molar-refractivity contribution is 14.1. The molecule has 0 atom stereocenters. The van der Waals surface area contributed by atoms with Gasteiger partial charge in [-0.2, -0.15) is 0 Å². The van der Waals surface area contributed by atoms with Crippen molar-refractivity contribution in [1.29, 1.82) is 0 Å². The van der Waals surface area contributed by atoms with E-state index in [1.54, 1.807) is 39.0 Å². The number of carbonyl (C=O) groups excluding carboxylic acids is 1. The van der Waals surface area contributed by atoms with Crippen molar-refractivity contribution in [2.75, 3.05) is 0 Å². The molecule has 81 valence electrons. The molecular formula is C11H12IO3. The summed E-state index contributed by atoms with van der Waals surface area (Å²) in [6.07, 6.45) is -0.696. The highest BCUT2D eigenvalue weighted by atomic mass is 127. The summed E-state index contributed by atoms with van der Waals surface area (Å²) in [6.45, 7) is 5.36. The predicted octanol–water partition coefficient (Wildman–Crippen LogP) is 3.41. The van der Waals surface area contributed by atoms with Gasteiger partial charge in [-0.3, -0.25) is 0 Å². The molecule has 0 fully saturated rings. The maximum absolute atomic E-state index is 11.3. The van der Waals surface area contributed by atoms with Crippen LogP contribution in [-0.4, -0.2) is 11.8 Å². The van der Waals surface area contributed by atoms with E-state index in [0.717, 1.165) is 3.57 Å². The van der Waals surface area contributed by atoms with Crippen molar-refractivity contribution in [2.24, 2.45) is 0 Å². The van der Waals surface area contributed by atoms with Gasteiger partial charge >= 0.3 is 6.16 Å². The summed E-state index contributed by atoms with van der Waals surface area (Å²) in [7, 11) is 0. The van der Waals surface area contributed by atoms with Gasteiger partial charge in [0, 0.05) is 3.57 Å². The lowest BCUT2D eigenvalue weighted by Gasteiger charge is -2.18. The molecule has 0 bridgehead atoms. The smallest absolute Gasteiger partial charge is 0.428 e. The Labute approximate surface area is 103 Å². The molecular weight excluding hydrogens is 307 g/mol. The molecule has 0 aliphatic heterocycles. The number of halogens is 1. The molecule has 0 spiro atoms. The Morgan fingerprint density at radius 3 is 2.60 bits per heavy atom. The van der Waals surface area contributed by atoms with Gasteiger partial charge in [-0.05, 0) is 67.6 Å². The van der Waals surface area contributed by atoms with Gasteiger partial charge in [0.1, 0.15) is 11.4 Å². The lowest BCUT2D eigenvalue weighted by atomic mass is 10.2. The van der Waals surface area contributed by atoms with Gasteiger partial charge in [-0.25, -0.2) is 4.79 Å². The van der Waals surface area contributed by atoms with Crippen LogP contribution in [0.3, 0.4) is 0 Å². The first-order valence-electron chi connectivity index (χ1n) is 4.44. The molecule has 0 heterocycles. The lowest BCUT2D eigenvalue weighted by molar-refractivity contribution is 0.0206. The van der Waals surface area contributed by atoms with Gasteiger partial charge in [0.25, 0.3) is 0 Å². The summed E-state index contributed by atoms with van der Waals surface area (Å²) in [6, 6.07) is 7.98. The van der Waals surface area contributed by atoms with E-state index < -0.39 is 11.8 Å². The van der Waals surface area contributed by atoms with E-state index in [0.29, 0.717) is 5.75 Å². The first kappa shape index (κ1) is 12.3. The molecule has 1 radical (unpaired) electrons. The van der Waals surface area contributed by atoms with Gasteiger partial charge in [0.2, 0.25) is 0 Å². The van der Waals surface area contributed by atoms with Gasteiger partial charge < -0.3 is 9.47 Å². The van der Waals surface area contributed by atoms with Crippen molar-refractivity contribution in [3.8, 4) is 5.75 Å². The summed E-state index contributed by atoms with van der Waals surface area (Å²) in [5, 5.41) is 0. The molecule has 0 saturated heterocycles. The molecule has 15 heavy (non-hydrogen) atoms. The average Bonchev–Trinajstić information content (AvgIpc) is 1.99. The Morgan fingerprint density at radius 1 is 1.40 bits per heavy atom. The van der Waals surface area contributed by atoms with Crippen molar-refractivity contribution in [3.05, 3.63) is 27.8 Å². The zero-order valence-electron chi connectivity index (χ0n) is 8.83. The second-order valence-electron chi connectivity index (χ2n) is 3.95. The van der Waals surface area contributed by atoms with Crippen LogP contribution in [0.4, 0.5) is 4.79 Å². The third kappa shape index (κ3) is 5.01. The topological polar surface area (TPSA) is 35.5 Å². The highest BCUT2D eigenvalue weighted by Gasteiger charge is 2.17. The zero-order valence-corrected chi connectivity index (χ0v) is 11.0. The van der Waals surface area contributed by atoms with E-state index in [9.17, 15) is 4.79 Å². The van der Waals surface area contributed by atoms with Crippen molar-refractivity contribution in [2.45, 2.75) is 26.4 Å². The second kappa shape index (κ2) is 4.83. The van der Waals surface area contributed by atoms with E-state index in [1.165, 1.54) is 0 Å². The Bertz CT molecular complexity index is 355. The molecule has 0 aliphatic rings. The van der Waals surface area contributed by atoms with Crippen LogP contribution in [0, 0.1) is 9.64 Å². The van der Waals surface area contributed by atoms with Gasteiger partial charge in [-0.1, -0.05) is 0 Å². The number of rotatable bonds is 1. The van der Waals surface area contributed by atoms with Crippen molar-refractivity contribution >= 4 is 28.7 Å². The molecule has 0 unspecified atom stereocenters. The van der Waals surface area contributed by atoms with Crippen LogP contribution in [0.1, 0.15) is 20.8 Å². The highest BCUT2D eigenvalue weighted by Crippen LogP contribution is 2.16. The molecule has 0 saturated carbocycles. The van der Waals surface area contributed by atoms with Gasteiger partial charge in [0.05, 0.1) is 0 Å². The number of ether oxygens (including phenoxy) is 2. The van der Waals surface area contributed by atoms with E-state index >= 15 is 0 Å². The molecule has 3 nitrogen and oxygen atoms in total. The summed E-state index contributed by atoms with van der Waals surface area (Å²) < 4.78 is 10.9. The van der Waals surface area contributed by atoms with Crippen molar-refractivity contribution < 1.29 is 14.3 Å². The summed E-state index contributed by atoms with van der Waals surface area (Å²) in [4.78, 5) is 11.3. The molecule has 1 aromatic rings. The fourth-order valence-electron chi connectivity index (χ4n) is 0.849. The monoisotopic (exact) mass is 319 g/mol. The predicted molar refractivity (Wildman–Crippen MR) is 64.9 cm³/mol. The minimum atomic E-state index is -0.696. The lowest BCUT2D eigenvalue weighted by Crippen LogP contribution is -2.25. The third-order valence-corrected chi connectivity index (χ3v) is 1.94. The minimum Gasteiger partial charge on any atom is -0.428 e. The maximum atomic E-state index is 11.3. The van der Waals surface area contributed by atoms with Crippen LogP contribution in [0.15, 0.2) is 18.2 Å². The molecule has 0 N–H and O–H groups in total. The van der Waals surface area contributed by atoms with Crippen molar-refractivity contribution in [1.82, 2.24) is 0 Å². The first-order valence-corrected chi connectivity index (χ1v) is 5.52. The van der Waals surface area contributed by atoms with Crippen LogP contribution in [0.25, 0.3) is 0 Å². The van der Waals surface area contributed by atoms with Crippen molar-refractivity contribution in [3.63, 3.8) is 0 Å². The first-order chi connectivity index (χ1) is 6.87. The summed E-state index contributed by atoms with van der Waals surface area (Å²) >= 11 is 2.12. The number of carbonyl (C=O) groups is 1. The van der Waals surface area contributed by atoms with Gasteiger partial charge in [0.15, 0.2) is 0 Å². The number of hydrogen-bond acceptors (Lipinski definition) is 3. The number of benzene rings is 1. The van der Waals surface area contributed by atoms with Crippen LogP contribution < -0.4 is 4.74 Å². The van der Waals surface area contributed by atoms with Crippen LogP contribution in [0.2, 0.25) is 0 Å².